The van der Waals surface area contributed by atoms with E-state index in [1.807, 2.05) is 0 Å². The molecule has 0 aromatic heterocycles. The minimum Gasteiger partial charge on any atom is -0.0928 e. The highest BCUT2D eigenvalue weighted by atomic mass is 127. The molecule has 0 spiro atoms. The first kappa shape index (κ1) is 15.5. The average molecular weight is 409 g/mol. The van der Waals surface area contributed by atoms with Gasteiger partial charge in [-0.15, -0.1) is 0 Å². The van der Waals surface area contributed by atoms with Gasteiger partial charge in [-0.3, -0.25) is 0 Å². The molecule has 0 aliphatic rings. The Morgan fingerprint density at radius 3 is 1.88 bits per heavy atom. The van der Waals surface area contributed by atoms with Crippen molar-refractivity contribution < 1.29 is 0 Å². The molecule has 0 unspecified atom stereocenters. The van der Waals surface area contributed by atoms with Gasteiger partial charge in [-0.2, -0.15) is 0 Å². The van der Waals surface area contributed by atoms with Crippen molar-refractivity contribution in [3.8, 4) is 0 Å². The molecule has 0 heterocycles. The molecule has 96 valence electrons. The SMILES string of the molecule is BrCCCCCCCCCc1ccc(I)cc1. The van der Waals surface area contributed by atoms with Gasteiger partial charge in [0.05, 0.1) is 0 Å². The zero-order valence-electron chi connectivity index (χ0n) is 10.4. The number of aryl methyl sites for hydroxylation is 1. The Morgan fingerprint density at radius 1 is 0.765 bits per heavy atom. The summed E-state index contributed by atoms with van der Waals surface area (Å²) in [4.78, 5) is 0. The molecule has 1 aromatic rings. The van der Waals surface area contributed by atoms with Crippen molar-refractivity contribution in [2.45, 2.75) is 51.4 Å². The minimum atomic E-state index is 1.17. The van der Waals surface area contributed by atoms with Gasteiger partial charge in [0.25, 0.3) is 0 Å². The monoisotopic (exact) mass is 408 g/mol. The summed E-state index contributed by atoms with van der Waals surface area (Å²) in [5.41, 5.74) is 1.49. The second-order valence-electron chi connectivity index (χ2n) is 4.54. The quantitative estimate of drug-likeness (QED) is 0.268. The Hall–Kier alpha value is 0.430. The van der Waals surface area contributed by atoms with Crippen LogP contribution in [0.4, 0.5) is 0 Å². The number of halogens is 2. The first-order chi connectivity index (χ1) is 8.33. The zero-order valence-corrected chi connectivity index (χ0v) is 14.2. The number of hydrogen-bond acceptors (Lipinski definition) is 0. The molecule has 1 rings (SSSR count). The maximum atomic E-state index is 3.47. The molecule has 0 bridgehead atoms. The fraction of sp³-hybridized carbons (Fsp3) is 0.600. The minimum absolute atomic E-state index is 1.17. The van der Waals surface area contributed by atoms with Gasteiger partial charge in [0, 0.05) is 8.90 Å². The summed E-state index contributed by atoms with van der Waals surface area (Å²) in [6.07, 6.45) is 10.9. The van der Waals surface area contributed by atoms with Crippen LogP contribution >= 0.6 is 38.5 Å². The van der Waals surface area contributed by atoms with Crippen molar-refractivity contribution >= 4 is 38.5 Å². The molecule has 0 amide bonds. The Morgan fingerprint density at radius 2 is 1.29 bits per heavy atom. The summed E-state index contributed by atoms with van der Waals surface area (Å²) in [5, 5.41) is 1.17. The number of hydrogen-bond donors (Lipinski definition) is 0. The second kappa shape index (κ2) is 10.4. The van der Waals surface area contributed by atoms with Crippen molar-refractivity contribution in [1.29, 1.82) is 0 Å². The molecule has 0 aliphatic heterocycles. The first-order valence-corrected chi connectivity index (χ1v) is 8.83. The number of benzene rings is 1. The van der Waals surface area contributed by atoms with E-state index in [1.54, 1.807) is 0 Å². The van der Waals surface area contributed by atoms with Crippen LogP contribution in [0.15, 0.2) is 24.3 Å². The Kier molecular flexibility index (Phi) is 9.44. The first-order valence-electron chi connectivity index (χ1n) is 6.63. The summed E-state index contributed by atoms with van der Waals surface area (Å²) in [5.74, 6) is 0. The molecule has 2 heteroatoms. The van der Waals surface area contributed by atoms with Crippen molar-refractivity contribution in [1.82, 2.24) is 0 Å². The van der Waals surface area contributed by atoms with Gasteiger partial charge in [0.2, 0.25) is 0 Å². The zero-order chi connectivity index (χ0) is 12.3. The molecule has 0 aliphatic carbocycles. The van der Waals surface area contributed by atoms with E-state index < -0.39 is 0 Å². The van der Waals surface area contributed by atoms with E-state index in [-0.39, 0.29) is 0 Å². The van der Waals surface area contributed by atoms with Crippen molar-refractivity contribution in [3.05, 3.63) is 33.4 Å². The predicted molar refractivity (Wildman–Crippen MR) is 89.0 cm³/mol. The Labute approximate surface area is 128 Å². The third-order valence-electron chi connectivity index (χ3n) is 3.01. The van der Waals surface area contributed by atoms with Gasteiger partial charge >= 0.3 is 0 Å². The Bertz CT molecular complexity index is 281. The predicted octanol–water partition coefficient (Wildman–Crippen LogP) is 5.96. The van der Waals surface area contributed by atoms with Gasteiger partial charge in [0.1, 0.15) is 0 Å². The van der Waals surface area contributed by atoms with Gasteiger partial charge in [-0.1, -0.05) is 60.2 Å². The second-order valence-corrected chi connectivity index (χ2v) is 6.58. The number of rotatable bonds is 9. The number of alkyl halides is 1. The van der Waals surface area contributed by atoms with E-state index >= 15 is 0 Å². The van der Waals surface area contributed by atoms with Crippen LogP contribution in [0.5, 0.6) is 0 Å². The van der Waals surface area contributed by atoms with E-state index in [0.717, 1.165) is 0 Å². The average Bonchev–Trinajstić information content (AvgIpc) is 2.35. The molecule has 0 saturated carbocycles. The van der Waals surface area contributed by atoms with Crippen LogP contribution in [0.25, 0.3) is 0 Å². The van der Waals surface area contributed by atoms with Gasteiger partial charge in [0.15, 0.2) is 0 Å². The van der Waals surface area contributed by atoms with Crippen LogP contribution in [-0.4, -0.2) is 5.33 Å². The molecule has 0 saturated heterocycles. The highest BCUT2D eigenvalue weighted by Crippen LogP contribution is 2.12. The molecule has 0 N–H and O–H groups in total. The van der Waals surface area contributed by atoms with E-state index in [2.05, 4.69) is 62.8 Å². The fourth-order valence-electron chi connectivity index (χ4n) is 1.96. The van der Waals surface area contributed by atoms with E-state index in [4.69, 9.17) is 0 Å². The molecule has 0 radical (unpaired) electrons. The molecule has 0 nitrogen and oxygen atoms in total. The molecule has 17 heavy (non-hydrogen) atoms. The fourth-order valence-corrected chi connectivity index (χ4v) is 2.71. The summed E-state index contributed by atoms with van der Waals surface area (Å²) >= 11 is 5.83. The van der Waals surface area contributed by atoms with Crippen LogP contribution in [-0.2, 0) is 6.42 Å². The lowest BCUT2D eigenvalue weighted by molar-refractivity contribution is 0.591. The molecule has 0 atom stereocenters. The summed E-state index contributed by atoms with van der Waals surface area (Å²) in [7, 11) is 0. The largest absolute Gasteiger partial charge is 0.0928 e. The van der Waals surface area contributed by atoms with Gasteiger partial charge in [-0.25, -0.2) is 0 Å². The van der Waals surface area contributed by atoms with Gasteiger partial charge < -0.3 is 0 Å². The van der Waals surface area contributed by atoms with Crippen LogP contribution in [0.2, 0.25) is 0 Å². The molecule has 0 fully saturated rings. The summed E-state index contributed by atoms with van der Waals surface area (Å²) in [6, 6.07) is 8.93. The van der Waals surface area contributed by atoms with Crippen LogP contribution in [0.3, 0.4) is 0 Å². The van der Waals surface area contributed by atoms with Crippen LogP contribution in [0, 0.1) is 3.57 Å². The van der Waals surface area contributed by atoms with E-state index in [1.165, 1.54) is 65.8 Å². The van der Waals surface area contributed by atoms with E-state index in [0.29, 0.717) is 0 Å². The maximum absolute atomic E-state index is 3.47. The van der Waals surface area contributed by atoms with E-state index in [9.17, 15) is 0 Å². The molecular formula is C15H22BrI. The smallest absolute Gasteiger partial charge is 0.0130 e. The van der Waals surface area contributed by atoms with Gasteiger partial charge in [-0.05, 0) is 59.5 Å². The standard InChI is InChI=1S/C15H22BrI/c16-13-7-5-3-1-2-4-6-8-14-9-11-15(17)12-10-14/h9-12H,1-8,13H2. The van der Waals surface area contributed by atoms with Crippen LogP contribution in [0.1, 0.15) is 50.5 Å². The lowest BCUT2D eigenvalue weighted by Gasteiger charge is -2.02. The van der Waals surface area contributed by atoms with Crippen molar-refractivity contribution in [2.75, 3.05) is 5.33 Å². The normalized spacial score (nSPS) is 10.7. The van der Waals surface area contributed by atoms with Crippen molar-refractivity contribution in [3.63, 3.8) is 0 Å². The van der Waals surface area contributed by atoms with Crippen LogP contribution < -0.4 is 0 Å². The third kappa shape index (κ3) is 8.20. The van der Waals surface area contributed by atoms with Crippen molar-refractivity contribution in [2.24, 2.45) is 0 Å². The lowest BCUT2D eigenvalue weighted by Crippen LogP contribution is -1.86. The highest BCUT2D eigenvalue weighted by Gasteiger charge is 1.94. The Balaban J connectivity index is 1.95. The number of unbranched alkanes of at least 4 members (excludes halogenated alkanes) is 6. The molecular weight excluding hydrogens is 387 g/mol. The molecule has 1 aromatic carbocycles. The summed E-state index contributed by atoms with van der Waals surface area (Å²) in [6.45, 7) is 0. The highest BCUT2D eigenvalue weighted by molar-refractivity contribution is 14.1. The lowest BCUT2D eigenvalue weighted by atomic mass is 10.0. The topological polar surface area (TPSA) is 0 Å². The maximum Gasteiger partial charge on any atom is 0.0130 e. The summed E-state index contributed by atoms with van der Waals surface area (Å²) < 4.78 is 1.33. The third-order valence-corrected chi connectivity index (χ3v) is 4.29.